The molecule has 8 heteroatoms. The van der Waals surface area contributed by atoms with Crippen molar-refractivity contribution in [3.63, 3.8) is 0 Å². The van der Waals surface area contributed by atoms with E-state index in [4.69, 9.17) is 27.9 Å². The lowest BCUT2D eigenvalue weighted by Crippen LogP contribution is -2.36. The lowest BCUT2D eigenvalue weighted by atomic mass is 10.2. The van der Waals surface area contributed by atoms with Gasteiger partial charge in [0.1, 0.15) is 0 Å². The number of halogens is 2. The molecule has 0 saturated heterocycles. The summed E-state index contributed by atoms with van der Waals surface area (Å²) in [6.07, 6.45) is -1.10. The molecule has 0 aliphatic heterocycles. The highest BCUT2D eigenvalue weighted by molar-refractivity contribution is 6.36. The summed E-state index contributed by atoms with van der Waals surface area (Å²) in [7, 11) is 0. The van der Waals surface area contributed by atoms with E-state index < -0.39 is 24.0 Å². The summed E-state index contributed by atoms with van der Waals surface area (Å²) < 4.78 is 5.13. The highest BCUT2D eigenvalue weighted by Gasteiger charge is 2.21. The number of rotatable bonds is 7. The summed E-state index contributed by atoms with van der Waals surface area (Å²) in [5.41, 5.74) is 0.859. The number of benzene rings is 2. The van der Waals surface area contributed by atoms with E-state index in [2.05, 4.69) is 10.6 Å². The van der Waals surface area contributed by atoms with Crippen molar-refractivity contribution in [3.8, 4) is 0 Å². The fourth-order valence-corrected chi connectivity index (χ4v) is 2.78. The van der Waals surface area contributed by atoms with Crippen LogP contribution in [0.4, 0.5) is 5.69 Å². The number of amides is 2. The monoisotopic (exact) mass is 422 g/mol. The Hall–Kier alpha value is -2.57. The zero-order valence-corrected chi connectivity index (χ0v) is 16.9. The van der Waals surface area contributed by atoms with E-state index in [-0.39, 0.29) is 17.4 Å². The Labute approximate surface area is 173 Å². The zero-order valence-electron chi connectivity index (χ0n) is 15.4. The van der Waals surface area contributed by atoms with Crippen molar-refractivity contribution >= 4 is 46.7 Å². The molecule has 28 heavy (non-hydrogen) atoms. The van der Waals surface area contributed by atoms with E-state index in [1.807, 2.05) is 0 Å². The maximum Gasteiger partial charge on any atom is 0.308 e. The van der Waals surface area contributed by atoms with Crippen LogP contribution in [-0.4, -0.2) is 29.9 Å². The SMILES string of the molecule is CC(CC(=O)OC(C)C(=O)Nc1ccc(Cl)cc1Cl)NC(=O)c1ccccc1. The van der Waals surface area contributed by atoms with Crippen LogP contribution in [0.25, 0.3) is 0 Å². The molecular formula is C20H20Cl2N2O4. The Bertz CT molecular complexity index is 859. The van der Waals surface area contributed by atoms with Gasteiger partial charge in [-0.3, -0.25) is 14.4 Å². The van der Waals surface area contributed by atoms with Gasteiger partial charge in [0.25, 0.3) is 11.8 Å². The lowest BCUT2D eigenvalue weighted by molar-refractivity contribution is -0.153. The van der Waals surface area contributed by atoms with Crippen LogP contribution in [0.15, 0.2) is 48.5 Å². The molecule has 0 spiro atoms. The number of esters is 1. The molecule has 0 radical (unpaired) electrons. The highest BCUT2D eigenvalue weighted by atomic mass is 35.5. The zero-order chi connectivity index (χ0) is 20.7. The van der Waals surface area contributed by atoms with Crippen molar-refractivity contribution in [3.05, 3.63) is 64.1 Å². The lowest BCUT2D eigenvalue weighted by Gasteiger charge is -2.17. The van der Waals surface area contributed by atoms with Gasteiger partial charge in [0.05, 0.1) is 17.1 Å². The third kappa shape index (κ3) is 6.55. The molecule has 2 unspecified atom stereocenters. The number of carbonyl (C=O) groups is 3. The smallest absolute Gasteiger partial charge is 0.308 e. The third-order valence-corrected chi connectivity index (χ3v) is 4.30. The second-order valence-electron chi connectivity index (χ2n) is 6.19. The molecule has 2 N–H and O–H groups in total. The van der Waals surface area contributed by atoms with Crippen molar-refractivity contribution < 1.29 is 19.1 Å². The van der Waals surface area contributed by atoms with Crippen LogP contribution >= 0.6 is 23.2 Å². The molecule has 0 aliphatic carbocycles. The fourth-order valence-electron chi connectivity index (χ4n) is 2.32. The first-order valence-electron chi connectivity index (χ1n) is 8.57. The molecule has 2 amide bonds. The average Bonchev–Trinajstić information content (AvgIpc) is 2.64. The number of carbonyl (C=O) groups excluding carboxylic acids is 3. The standard InChI is InChI=1S/C20H20Cl2N2O4/c1-12(23-20(27)14-6-4-3-5-7-14)10-18(25)28-13(2)19(26)24-17-9-8-15(21)11-16(17)22/h3-9,11-13H,10H2,1-2H3,(H,23,27)(H,24,26). The molecule has 0 heterocycles. The van der Waals surface area contributed by atoms with Gasteiger partial charge in [-0.25, -0.2) is 0 Å². The minimum Gasteiger partial charge on any atom is -0.452 e. The van der Waals surface area contributed by atoms with Gasteiger partial charge < -0.3 is 15.4 Å². The van der Waals surface area contributed by atoms with Gasteiger partial charge in [0.15, 0.2) is 6.10 Å². The van der Waals surface area contributed by atoms with Gasteiger partial charge in [-0.15, -0.1) is 0 Å². The average molecular weight is 423 g/mol. The molecule has 148 valence electrons. The second kappa shape index (κ2) is 10.1. The van der Waals surface area contributed by atoms with E-state index in [1.54, 1.807) is 49.4 Å². The molecule has 2 rings (SSSR count). The Kier molecular flexibility index (Phi) is 7.84. The summed E-state index contributed by atoms with van der Waals surface area (Å²) in [5, 5.41) is 6.00. The first kappa shape index (κ1) is 21.7. The Morgan fingerprint density at radius 3 is 2.36 bits per heavy atom. The summed E-state index contributed by atoms with van der Waals surface area (Å²) in [6, 6.07) is 12.8. The molecule has 0 aromatic heterocycles. The number of anilines is 1. The molecular weight excluding hydrogens is 403 g/mol. The molecule has 6 nitrogen and oxygen atoms in total. The normalized spacial score (nSPS) is 12.6. The van der Waals surface area contributed by atoms with Crippen LogP contribution in [0, 0.1) is 0 Å². The van der Waals surface area contributed by atoms with Gasteiger partial charge >= 0.3 is 5.97 Å². The van der Waals surface area contributed by atoms with Gasteiger partial charge in [0, 0.05) is 16.6 Å². The predicted molar refractivity (Wildman–Crippen MR) is 109 cm³/mol. The molecule has 0 saturated carbocycles. The van der Waals surface area contributed by atoms with E-state index in [1.165, 1.54) is 13.0 Å². The van der Waals surface area contributed by atoms with E-state index in [0.717, 1.165) is 0 Å². The minimum absolute atomic E-state index is 0.0715. The van der Waals surface area contributed by atoms with E-state index in [9.17, 15) is 14.4 Å². The van der Waals surface area contributed by atoms with Crippen molar-refractivity contribution in [1.82, 2.24) is 5.32 Å². The number of nitrogens with one attached hydrogen (secondary N) is 2. The number of hydrogen-bond donors (Lipinski definition) is 2. The predicted octanol–water partition coefficient (Wildman–Crippen LogP) is 4.07. The van der Waals surface area contributed by atoms with Gasteiger partial charge in [-0.1, -0.05) is 41.4 Å². The van der Waals surface area contributed by atoms with Crippen molar-refractivity contribution in [1.29, 1.82) is 0 Å². The van der Waals surface area contributed by atoms with Crippen LogP contribution in [-0.2, 0) is 14.3 Å². The maximum atomic E-state index is 12.2. The van der Waals surface area contributed by atoms with Crippen LogP contribution in [0.2, 0.25) is 10.0 Å². The number of hydrogen-bond acceptors (Lipinski definition) is 4. The molecule has 2 aromatic carbocycles. The van der Waals surface area contributed by atoms with Crippen LogP contribution in [0.1, 0.15) is 30.6 Å². The maximum absolute atomic E-state index is 12.2. The van der Waals surface area contributed by atoms with Crippen LogP contribution in [0.5, 0.6) is 0 Å². The molecule has 0 fully saturated rings. The van der Waals surface area contributed by atoms with Crippen molar-refractivity contribution in [2.75, 3.05) is 5.32 Å². The van der Waals surface area contributed by atoms with Gasteiger partial charge in [-0.2, -0.15) is 0 Å². The minimum atomic E-state index is -1.03. The topological polar surface area (TPSA) is 84.5 Å². The Morgan fingerprint density at radius 1 is 1.04 bits per heavy atom. The van der Waals surface area contributed by atoms with Crippen LogP contribution < -0.4 is 10.6 Å². The van der Waals surface area contributed by atoms with Gasteiger partial charge in [0.2, 0.25) is 0 Å². The molecule has 0 aliphatic rings. The second-order valence-corrected chi connectivity index (χ2v) is 7.03. The largest absolute Gasteiger partial charge is 0.452 e. The summed E-state index contributed by atoms with van der Waals surface area (Å²) in [4.78, 5) is 36.3. The summed E-state index contributed by atoms with van der Waals surface area (Å²) >= 11 is 11.8. The number of ether oxygens (including phenoxy) is 1. The molecule has 2 atom stereocenters. The van der Waals surface area contributed by atoms with E-state index in [0.29, 0.717) is 16.3 Å². The van der Waals surface area contributed by atoms with Crippen molar-refractivity contribution in [2.24, 2.45) is 0 Å². The van der Waals surface area contributed by atoms with E-state index >= 15 is 0 Å². The quantitative estimate of drug-likeness (QED) is 0.658. The third-order valence-electron chi connectivity index (χ3n) is 3.75. The summed E-state index contributed by atoms with van der Waals surface area (Å²) in [6.45, 7) is 3.13. The Morgan fingerprint density at radius 2 is 1.71 bits per heavy atom. The van der Waals surface area contributed by atoms with Crippen molar-refractivity contribution in [2.45, 2.75) is 32.4 Å². The first-order chi connectivity index (χ1) is 13.3. The molecule has 0 bridgehead atoms. The first-order valence-corrected chi connectivity index (χ1v) is 9.33. The van der Waals surface area contributed by atoms with Crippen LogP contribution in [0.3, 0.4) is 0 Å². The highest BCUT2D eigenvalue weighted by Crippen LogP contribution is 2.25. The summed E-state index contributed by atoms with van der Waals surface area (Å²) in [5.74, 6) is -1.42. The Balaban J connectivity index is 1.82. The fraction of sp³-hybridized carbons (Fsp3) is 0.250. The van der Waals surface area contributed by atoms with Gasteiger partial charge in [-0.05, 0) is 44.2 Å². The molecule has 2 aromatic rings.